The number of hydrogen-bond donors (Lipinski definition) is 0. The first-order valence-corrected chi connectivity index (χ1v) is 6.83. The fraction of sp³-hybridized carbons (Fsp3) is 0.462. The molecule has 1 unspecified atom stereocenters. The molecule has 0 amide bonds. The minimum absolute atomic E-state index is 0.544. The molecule has 0 saturated heterocycles. The zero-order valence-corrected chi connectivity index (χ0v) is 11.4. The molecule has 2 aromatic heterocycles. The second-order valence-corrected chi connectivity index (χ2v) is 5.38. The number of halogens is 1. The van der Waals surface area contributed by atoms with Crippen molar-refractivity contribution < 1.29 is 4.42 Å². The summed E-state index contributed by atoms with van der Waals surface area (Å²) in [4.78, 5) is 4.64. The molecule has 0 aromatic carbocycles. The van der Waals surface area contributed by atoms with Crippen LogP contribution in [0.3, 0.4) is 0 Å². The van der Waals surface area contributed by atoms with Crippen LogP contribution in [0.2, 0.25) is 0 Å². The van der Waals surface area contributed by atoms with Gasteiger partial charge in [-0.1, -0.05) is 0 Å². The van der Waals surface area contributed by atoms with Gasteiger partial charge in [-0.3, -0.25) is 0 Å². The van der Waals surface area contributed by atoms with Gasteiger partial charge in [0.2, 0.25) is 0 Å². The van der Waals surface area contributed by atoms with Crippen LogP contribution < -0.4 is 0 Å². The van der Waals surface area contributed by atoms with E-state index in [1.807, 2.05) is 12.1 Å². The number of hydrogen-bond acceptors (Lipinski definition) is 2. The summed E-state index contributed by atoms with van der Waals surface area (Å²) < 4.78 is 8.78. The van der Waals surface area contributed by atoms with Crippen LogP contribution in [-0.4, -0.2) is 9.55 Å². The molecule has 3 heterocycles. The Morgan fingerprint density at radius 2 is 2.47 bits per heavy atom. The lowest BCUT2D eigenvalue weighted by atomic mass is 10.0. The third kappa shape index (κ3) is 1.95. The Labute approximate surface area is 109 Å². The van der Waals surface area contributed by atoms with E-state index in [1.54, 1.807) is 6.26 Å². The van der Waals surface area contributed by atoms with E-state index in [9.17, 15) is 0 Å². The third-order valence-corrected chi connectivity index (χ3v) is 4.06. The summed E-state index contributed by atoms with van der Waals surface area (Å²) in [6.07, 6.45) is 6.10. The number of fused-ring (bicyclic) bond motifs is 1. The first-order valence-electron chi connectivity index (χ1n) is 6.03. The quantitative estimate of drug-likeness (QED) is 0.845. The lowest BCUT2D eigenvalue weighted by Crippen LogP contribution is -2.17. The molecule has 1 aliphatic heterocycles. The van der Waals surface area contributed by atoms with Crippen LogP contribution >= 0.6 is 15.9 Å². The Morgan fingerprint density at radius 3 is 3.24 bits per heavy atom. The molecule has 0 N–H and O–H groups in total. The van der Waals surface area contributed by atoms with Gasteiger partial charge < -0.3 is 8.98 Å². The number of imidazole rings is 1. The fourth-order valence-electron chi connectivity index (χ4n) is 2.62. The molecule has 3 nitrogen and oxygen atoms in total. The number of aromatic nitrogens is 2. The van der Waals surface area contributed by atoms with Gasteiger partial charge in [-0.05, 0) is 54.2 Å². The van der Waals surface area contributed by atoms with Crippen molar-refractivity contribution in [3.63, 3.8) is 0 Å². The zero-order valence-electron chi connectivity index (χ0n) is 9.82. The molecule has 17 heavy (non-hydrogen) atoms. The molecule has 1 aliphatic rings. The predicted molar refractivity (Wildman–Crippen MR) is 69.1 cm³/mol. The van der Waals surface area contributed by atoms with Gasteiger partial charge in [-0.2, -0.15) is 0 Å². The summed E-state index contributed by atoms with van der Waals surface area (Å²) in [6.45, 7) is 2.27. The summed E-state index contributed by atoms with van der Waals surface area (Å²) >= 11 is 3.57. The molecule has 0 bridgehead atoms. The molecule has 3 rings (SSSR count). The SMILES string of the molecule is CC1CCCc2c(Br)nc(Cc3ccco3)n21. The van der Waals surface area contributed by atoms with Crippen LogP contribution in [0, 0.1) is 0 Å². The van der Waals surface area contributed by atoms with Crippen molar-refractivity contribution in [2.24, 2.45) is 0 Å². The predicted octanol–water partition coefficient (Wildman–Crippen LogP) is 3.73. The second-order valence-electron chi connectivity index (χ2n) is 4.63. The molecule has 0 saturated carbocycles. The Bertz CT molecular complexity index is 516. The van der Waals surface area contributed by atoms with Gasteiger partial charge in [0.15, 0.2) is 0 Å². The van der Waals surface area contributed by atoms with Crippen LogP contribution in [0.25, 0.3) is 0 Å². The molecule has 4 heteroatoms. The maximum absolute atomic E-state index is 5.40. The highest BCUT2D eigenvalue weighted by Crippen LogP contribution is 2.31. The number of rotatable bonds is 2. The van der Waals surface area contributed by atoms with Gasteiger partial charge in [-0.25, -0.2) is 4.98 Å². The molecule has 0 aliphatic carbocycles. The van der Waals surface area contributed by atoms with Gasteiger partial charge in [0.05, 0.1) is 18.4 Å². The van der Waals surface area contributed by atoms with Gasteiger partial charge >= 0.3 is 0 Å². The van der Waals surface area contributed by atoms with Crippen molar-refractivity contribution in [3.05, 3.63) is 40.3 Å². The average Bonchev–Trinajstić information content (AvgIpc) is 2.90. The molecule has 0 radical (unpaired) electrons. The van der Waals surface area contributed by atoms with Gasteiger partial charge in [0.25, 0.3) is 0 Å². The largest absolute Gasteiger partial charge is 0.469 e. The van der Waals surface area contributed by atoms with Crippen molar-refractivity contribution in [1.29, 1.82) is 0 Å². The van der Waals surface area contributed by atoms with E-state index >= 15 is 0 Å². The second kappa shape index (κ2) is 4.33. The maximum Gasteiger partial charge on any atom is 0.127 e. The van der Waals surface area contributed by atoms with E-state index in [2.05, 4.69) is 32.4 Å². The van der Waals surface area contributed by atoms with Crippen molar-refractivity contribution in [2.75, 3.05) is 0 Å². The van der Waals surface area contributed by atoms with E-state index in [0.717, 1.165) is 29.0 Å². The average molecular weight is 295 g/mol. The molecular weight excluding hydrogens is 280 g/mol. The van der Waals surface area contributed by atoms with Crippen molar-refractivity contribution in [2.45, 2.75) is 38.6 Å². The van der Waals surface area contributed by atoms with E-state index in [-0.39, 0.29) is 0 Å². The highest BCUT2D eigenvalue weighted by Gasteiger charge is 2.23. The monoisotopic (exact) mass is 294 g/mol. The Hall–Kier alpha value is -1.03. The zero-order chi connectivity index (χ0) is 11.8. The molecule has 1 atom stereocenters. The summed E-state index contributed by atoms with van der Waals surface area (Å²) in [6, 6.07) is 4.47. The highest BCUT2D eigenvalue weighted by atomic mass is 79.9. The van der Waals surface area contributed by atoms with Gasteiger partial charge in [0.1, 0.15) is 16.2 Å². The van der Waals surface area contributed by atoms with Crippen LogP contribution in [0.4, 0.5) is 0 Å². The standard InChI is InChI=1S/C13H15BrN2O/c1-9-4-2-6-11-13(14)15-12(16(9)11)8-10-5-3-7-17-10/h3,5,7,9H,2,4,6,8H2,1H3. The van der Waals surface area contributed by atoms with Crippen LogP contribution in [-0.2, 0) is 12.8 Å². The van der Waals surface area contributed by atoms with Crippen molar-refractivity contribution >= 4 is 15.9 Å². The molecule has 0 fully saturated rings. The van der Waals surface area contributed by atoms with E-state index in [0.29, 0.717) is 6.04 Å². The van der Waals surface area contributed by atoms with Crippen LogP contribution in [0.5, 0.6) is 0 Å². The molecule has 0 spiro atoms. The third-order valence-electron chi connectivity index (χ3n) is 3.42. The molecule has 90 valence electrons. The first kappa shape index (κ1) is 11.1. The van der Waals surface area contributed by atoms with Crippen LogP contribution in [0.1, 0.15) is 43.1 Å². The van der Waals surface area contributed by atoms with Gasteiger partial charge in [-0.15, -0.1) is 0 Å². The molecule has 2 aromatic rings. The Kier molecular flexibility index (Phi) is 2.82. The van der Waals surface area contributed by atoms with E-state index < -0.39 is 0 Å². The van der Waals surface area contributed by atoms with E-state index in [4.69, 9.17) is 4.42 Å². The van der Waals surface area contributed by atoms with Crippen molar-refractivity contribution in [1.82, 2.24) is 9.55 Å². The van der Waals surface area contributed by atoms with Crippen molar-refractivity contribution in [3.8, 4) is 0 Å². The maximum atomic E-state index is 5.40. The Balaban J connectivity index is 2.00. The lowest BCUT2D eigenvalue weighted by molar-refractivity contribution is 0.415. The summed E-state index contributed by atoms with van der Waals surface area (Å²) in [7, 11) is 0. The van der Waals surface area contributed by atoms with Gasteiger partial charge in [0, 0.05) is 6.04 Å². The topological polar surface area (TPSA) is 31.0 Å². The van der Waals surface area contributed by atoms with E-state index in [1.165, 1.54) is 18.5 Å². The molecular formula is C13H15BrN2O. The minimum atomic E-state index is 0.544. The highest BCUT2D eigenvalue weighted by molar-refractivity contribution is 9.10. The minimum Gasteiger partial charge on any atom is -0.469 e. The summed E-state index contributed by atoms with van der Waals surface area (Å²) in [5.41, 5.74) is 1.34. The number of furan rings is 1. The fourth-order valence-corrected chi connectivity index (χ4v) is 3.21. The van der Waals surface area contributed by atoms with Crippen LogP contribution in [0.15, 0.2) is 27.4 Å². The smallest absolute Gasteiger partial charge is 0.127 e. The normalized spacial score (nSPS) is 19.3. The summed E-state index contributed by atoms with van der Waals surface area (Å²) in [5.74, 6) is 2.08. The summed E-state index contributed by atoms with van der Waals surface area (Å²) in [5, 5.41) is 0. The first-order chi connectivity index (χ1) is 8.25. The number of nitrogens with zero attached hydrogens (tertiary/aromatic N) is 2. The lowest BCUT2D eigenvalue weighted by Gasteiger charge is -2.24. The Morgan fingerprint density at radius 1 is 1.59 bits per heavy atom.